The number of amides is 1. The highest BCUT2D eigenvalue weighted by Crippen LogP contribution is 2.12. The monoisotopic (exact) mass is 559 g/mol. The summed E-state index contributed by atoms with van der Waals surface area (Å²) in [6.45, 7) is 3.54. The van der Waals surface area contributed by atoms with Gasteiger partial charge in [0.2, 0.25) is 17.8 Å². The van der Waals surface area contributed by atoms with Crippen LogP contribution in [0.25, 0.3) is 0 Å². The van der Waals surface area contributed by atoms with E-state index in [0.717, 1.165) is 11.1 Å². The first-order valence-corrected chi connectivity index (χ1v) is 13.4. The van der Waals surface area contributed by atoms with Crippen molar-refractivity contribution in [3.05, 3.63) is 107 Å². The second-order valence-corrected chi connectivity index (χ2v) is 8.90. The molecule has 4 N–H and O–H groups in total. The van der Waals surface area contributed by atoms with E-state index in [4.69, 9.17) is 9.47 Å². The molecular formula is C30H34FN7O3. The van der Waals surface area contributed by atoms with E-state index in [-0.39, 0.29) is 11.7 Å². The number of aromatic nitrogens is 3. The van der Waals surface area contributed by atoms with Crippen LogP contribution in [0.5, 0.6) is 0 Å². The number of hydrogen-bond acceptors (Lipinski definition) is 9. The molecule has 4 rings (SSSR count). The summed E-state index contributed by atoms with van der Waals surface area (Å²) in [4.78, 5) is 25.4. The van der Waals surface area contributed by atoms with E-state index in [1.165, 1.54) is 12.1 Å². The lowest BCUT2D eigenvalue weighted by molar-refractivity contribution is 0.0519. The molecule has 0 aliphatic heterocycles. The highest BCUT2D eigenvalue weighted by Gasteiger charge is 2.08. The van der Waals surface area contributed by atoms with Crippen molar-refractivity contribution in [3.63, 3.8) is 0 Å². The van der Waals surface area contributed by atoms with Gasteiger partial charge >= 0.3 is 0 Å². The van der Waals surface area contributed by atoms with Gasteiger partial charge < -0.3 is 30.7 Å². The summed E-state index contributed by atoms with van der Waals surface area (Å²) in [7, 11) is 0. The van der Waals surface area contributed by atoms with Gasteiger partial charge in [-0.25, -0.2) is 4.39 Å². The average molecular weight is 560 g/mol. The van der Waals surface area contributed by atoms with E-state index in [1.54, 1.807) is 24.3 Å². The molecule has 11 heteroatoms. The number of carbonyl (C=O) groups is 1. The number of nitrogens with zero attached hydrogens (tertiary/aromatic N) is 3. The van der Waals surface area contributed by atoms with Crippen molar-refractivity contribution in [2.75, 3.05) is 55.5 Å². The largest absolute Gasteiger partial charge is 0.377 e. The highest BCUT2D eigenvalue weighted by atomic mass is 19.1. The minimum atomic E-state index is -0.283. The maximum Gasteiger partial charge on any atom is 0.251 e. The van der Waals surface area contributed by atoms with E-state index in [0.29, 0.717) is 76.0 Å². The molecule has 0 aliphatic rings. The summed E-state index contributed by atoms with van der Waals surface area (Å²) in [6, 6.07) is 25.2. The van der Waals surface area contributed by atoms with Gasteiger partial charge in [-0.1, -0.05) is 60.7 Å². The Balaban J connectivity index is 1.17. The Morgan fingerprint density at radius 1 is 0.610 bits per heavy atom. The molecule has 214 valence electrons. The van der Waals surface area contributed by atoms with Gasteiger partial charge in [0.05, 0.1) is 26.4 Å². The van der Waals surface area contributed by atoms with Crippen LogP contribution >= 0.6 is 0 Å². The van der Waals surface area contributed by atoms with Gasteiger partial charge in [0.1, 0.15) is 5.82 Å². The highest BCUT2D eigenvalue weighted by molar-refractivity contribution is 5.94. The van der Waals surface area contributed by atoms with Gasteiger partial charge in [-0.15, -0.1) is 0 Å². The zero-order valence-electron chi connectivity index (χ0n) is 22.7. The van der Waals surface area contributed by atoms with E-state index in [9.17, 15) is 9.18 Å². The van der Waals surface area contributed by atoms with Crippen LogP contribution in [0, 0.1) is 5.82 Å². The third-order valence-electron chi connectivity index (χ3n) is 5.76. The van der Waals surface area contributed by atoms with Crippen LogP contribution in [-0.2, 0) is 22.6 Å². The van der Waals surface area contributed by atoms with Crippen LogP contribution in [-0.4, -0.2) is 60.4 Å². The van der Waals surface area contributed by atoms with Crippen molar-refractivity contribution in [1.82, 2.24) is 20.3 Å². The molecule has 4 aromatic rings. The molecule has 0 saturated heterocycles. The maximum atomic E-state index is 13.2. The molecule has 0 bridgehead atoms. The zero-order chi connectivity index (χ0) is 28.5. The Morgan fingerprint density at radius 2 is 1.12 bits per heavy atom. The minimum absolute atomic E-state index is 0.123. The van der Waals surface area contributed by atoms with E-state index >= 15 is 0 Å². The zero-order valence-corrected chi connectivity index (χ0v) is 22.7. The predicted octanol–water partition coefficient (Wildman–Crippen LogP) is 4.11. The number of benzene rings is 3. The SMILES string of the molecule is O=C(NCCOCCOCCNc1nc(NCc2ccccc2)nc(NCc2ccc(F)cc2)n1)c1ccccc1. The molecule has 0 unspecified atom stereocenters. The minimum Gasteiger partial charge on any atom is -0.377 e. The topological polar surface area (TPSA) is 122 Å². The van der Waals surface area contributed by atoms with Crippen molar-refractivity contribution in [3.8, 4) is 0 Å². The first kappa shape index (κ1) is 29.4. The van der Waals surface area contributed by atoms with Crippen LogP contribution in [0.2, 0.25) is 0 Å². The molecular weight excluding hydrogens is 525 g/mol. The predicted molar refractivity (Wildman–Crippen MR) is 156 cm³/mol. The van der Waals surface area contributed by atoms with Crippen LogP contribution in [0.15, 0.2) is 84.9 Å². The molecule has 0 radical (unpaired) electrons. The van der Waals surface area contributed by atoms with Gasteiger partial charge in [0.25, 0.3) is 5.91 Å². The van der Waals surface area contributed by atoms with Crippen LogP contribution in [0.3, 0.4) is 0 Å². The summed E-state index contributed by atoms with van der Waals surface area (Å²) in [5.41, 5.74) is 2.61. The molecule has 1 heterocycles. The van der Waals surface area contributed by atoms with Crippen LogP contribution < -0.4 is 21.3 Å². The Morgan fingerprint density at radius 3 is 1.73 bits per heavy atom. The molecule has 0 atom stereocenters. The lowest BCUT2D eigenvalue weighted by Crippen LogP contribution is -2.27. The Hall–Kier alpha value is -4.61. The third-order valence-corrected chi connectivity index (χ3v) is 5.76. The molecule has 0 saturated carbocycles. The number of hydrogen-bond donors (Lipinski definition) is 4. The van der Waals surface area contributed by atoms with E-state index in [1.807, 2.05) is 48.5 Å². The van der Waals surface area contributed by atoms with Crippen molar-refractivity contribution >= 4 is 23.8 Å². The van der Waals surface area contributed by atoms with Gasteiger partial charge in [0, 0.05) is 31.7 Å². The molecule has 0 aliphatic carbocycles. The summed E-state index contributed by atoms with van der Waals surface area (Å²) in [5, 5.41) is 12.4. The lowest BCUT2D eigenvalue weighted by atomic mass is 10.2. The number of rotatable bonds is 17. The first-order valence-electron chi connectivity index (χ1n) is 13.4. The number of ether oxygens (including phenoxy) is 2. The molecule has 0 fully saturated rings. The molecule has 41 heavy (non-hydrogen) atoms. The summed E-state index contributed by atoms with van der Waals surface area (Å²) >= 11 is 0. The Labute approximate surface area is 238 Å². The number of carbonyl (C=O) groups excluding carboxylic acids is 1. The van der Waals surface area contributed by atoms with Crippen LogP contribution in [0.1, 0.15) is 21.5 Å². The van der Waals surface area contributed by atoms with E-state index in [2.05, 4.69) is 36.2 Å². The quantitative estimate of drug-likeness (QED) is 0.142. The van der Waals surface area contributed by atoms with Crippen molar-refractivity contribution in [2.24, 2.45) is 0 Å². The molecule has 3 aromatic carbocycles. The summed E-state index contributed by atoms with van der Waals surface area (Å²) < 4.78 is 24.4. The van der Waals surface area contributed by atoms with Crippen molar-refractivity contribution in [1.29, 1.82) is 0 Å². The Bertz CT molecular complexity index is 1330. The fraction of sp³-hybridized carbons (Fsp3) is 0.267. The standard InChI is InChI=1S/C30H34FN7O3/c31-26-13-11-24(12-14-26)22-35-30-37-28(36-29(38-30)34-21-23-7-3-1-4-8-23)33-16-18-41-20-19-40-17-15-32-27(39)25-9-5-2-6-10-25/h1-14H,15-22H2,(H,32,39)(H3,33,34,35,36,37,38). The maximum absolute atomic E-state index is 13.2. The smallest absolute Gasteiger partial charge is 0.251 e. The molecule has 10 nitrogen and oxygen atoms in total. The molecule has 1 amide bonds. The average Bonchev–Trinajstić information content (AvgIpc) is 3.01. The van der Waals surface area contributed by atoms with Gasteiger partial charge in [-0.2, -0.15) is 15.0 Å². The van der Waals surface area contributed by atoms with Crippen LogP contribution in [0.4, 0.5) is 22.2 Å². The van der Waals surface area contributed by atoms with Gasteiger partial charge in [-0.05, 0) is 35.4 Å². The summed E-state index contributed by atoms with van der Waals surface area (Å²) in [6.07, 6.45) is 0. The van der Waals surface area contributed by atoms with Gasteiger partial charge in [0.15, 0.2) is 0 Å². The normalized spacial score (nSPS) is 10.7. The first-order chi connectivity index (χ1) is 20.2. The fourth-order valence-corrected chi connectivity index (χ4v) is 3.66. The van der Waals surface area contributed by atoms with Crippen molar-refractivity contribution < 1.29 is 18.7 Å². The molecule has 1 aromatic heterocycles. The molecule has 0 spiro atoms. The lowest BCUT2D eigenvalue weighted by Gasteiger charge is -2.12. The third kappa shape index (κ3) is 10.8. The summed E-state index contributed by atoms with van der Waals surface area (Å²) in [5.74, 6) is 0.792. The fourth-order valence-electron chi connectivity index (χ4n) is 3.66. The number of anilines is 3. The Kier molecular flexibility index (Phi) is 11.8. The number of nitrogens with one attached hydrogen (secondary N) is 4. The second-order valence-electron chi connectivity index (χ2n) is 8.90. The van der Waals surface area contributed by atoms with Crippen molar-refractivity contribution in [2.45, 2.75) is 13.1 Å². The van der Waals surface area contributed by atoms with Gasteiger partial charge in [-0.3, -0.25) is 4.79 Å². The van der Waals surface area contributed by atoms with E-state index < -0.39 is 0 Å². The second kappa shape index (κ2) is 16.5. The number of halogens is 1.